The van der Waals surface area contributed by atoms with Gasteiger partial charge < -0.3 is 14.8 Å². The van der Waals surface area contributed by atoms with Gasteiger partial charge in [-0.25, -0.2) is 13.6 Å². The lowest BCUT2D eigenvalue weighted by Gasteiger charge is -2.17. The molecule has 0 aliphatic heterocycles. The molecule has 0 saturated carbocycles. The first-order valence-electron chi connectivity index (χ1n) is 9.15. The van der Waals surface area contributed by atoms with E-state index >= 15 is 0 Å². The van der Waals surface area contributed by atoms with Gasteiger partial charge in [0.15, 0.2) is 11.5 Å². The first-order valence-corrected chi connectivity index (χ1v) is 11.5. The molecule has 0 aromatic heterocycles. The molecule has 0 amide bonds. The van der Waals surface area contributed by atoms with E-state index in [0.717, 1.165) is 40.1 Å². The number of sulfonamides is 1. The molecule has 28 heavy (non-hydrogen) atoms. The van der Waals surface area contributed by atoms with Crippen molar-refractivity contribution in [1.29, 1.82) is 0 Å². The van der Waals surface area contributed by atoms with E-state index in [1.54, 1.807) is 12.1 Å². The summed E-state index contributed by atoms with van der Waals surface area (Å²) in [6.07, 6.45) is 0.839. The quantitative estimate of drug-likeness (QED) is 0.517. The molecule has 0 radical (unpaired) electrons. The van der Waals surface area contributed by atoms with Gasteiger partial charge >= 0.3 is 0 Å². The van der Waals surface area contributed by atoms with E-state index < -0.39 is 10.0 Å². The summed E-state index contributed by atoms with van der Waals surface area (Å²) in [5, 5.41) is 8.51. The van der Waals surface area contributed by atoms with Gasteiger partial charge in [0.25, 0.3) is 0 Å². The van der Waals surface area contributed by atoms with E-state index in [0.29, 0.717) is 13.2 Å². The van der Waals surface area contributed by atoms with Gasteiger partial charge in [0.1, 0.15) is 0 Å². The highest BCUT2D eigenvalue weighted by Gasteiger charge is 2.12. The van der Waals surface area contributed by atoms with Crippen LogP contribution in [0.25, 0.3) is 0 Å². The maximum atomic E-state index is 11.3. The van der Waals surface area contributed by atoms with Crippen molar-refractivity contribution in [2.24, 2.45) is 5.14 Å². The van der Waals surface area contributed by atoms with Gasteiger partial charge in [0.05, 0.1) is 17.6 Å². The Morgan fingerprint density at radius 2 is 1.82 bits per heavy atom. The van der Waals surface area contributed by atoms with Gasteiger partial charge in [-0.3, -0.25) is 0 Å². The Kier molecular flexibility index (Phi) is 8.30. The molecule has 0 aliphatic rings. The highest BCUT2D eigenvalue weighted by molar-refractivity contribution is 9.10. The van der Waals surface area contributed by atoms with E-state index in [1.807, 2.05) is 32.9 Å². The van der Waals surface area contributed by atoms with E-state index in [1.165, 1.54) is 12.1 Å². The fourth-order valence-corrected chi connectivity index (χ4v) is 3.61. The number of primary sulfonamides is 1. The summed E-state index contributed by atoms with van der Waals surface area (Å²) in [4.78, 5) is 0.125. The number of rotatable bonds is 10. The topological polar surface area (TPSA) is 90.6 Å². The molecule has 0 heterocycles. The Labute approximate surface area is 175 Å². The predicted octanol–water partition coefficient (Wildman–Crippen LogP) is 3.61. The lowest BCUT2D eigenvalue weighted by molar-refractivity contribution is 0.223. The van der Waals surface area contributed by atoms with E-state index in [-0.39, 0.29) is 11.0 Å². The van der Waals surface area contributed by atoms with Crippen molar-refractivity contribution in [3.63, 3.8) is 0 Å². The van der Waals surface area contributed by atoms with Gasteiger partial charge in [0.2, 0.25) is 10.0 Å². The molecule has 6 nitrogen and oxygen atoms in total. The van der Waals surface area contributed by atoms with Crippen molar-refractivity contribution in [1.82, 2.24) is 5.32 Å². The molecule has 8 heteroatoms. The monoisotopic (exact) mass is 470 g/mol. The molecule has 0 saturated heterocycles. The highest BCUT2D eigenvalue weighted by Crippen LogP contribution is 2.34. The predicted molar refractivity (Wildman–Crippen MR) is 114 cm³/mol. The van der Waals surface area contributed by atoms with Crippen LogP contribution in [0.2, 0.25) is 0 Å². The zero-order chi connectivity index (χ0) is 20.7. The summed E-state index contributed by atoms with van der Waals surface area (Å²) >= 11 is 3.60. The Balaban J connectivity index is 1.96. The minimum Gasteiger partial charge on any atom is -0.490 e. The SMILES string of the molecule is CCOc1cc(CNCCc2ccc(S(N)(=O)=O)cc2)c(Br)cc1OC(C)C. The van der Waals surface area contributed by atoms with Crippen molar-refractivity contribution >= 4 is 26.0 Å². The molecular weight excluding hydrogens is 444 g/mol. The number of ether oxygens (including phenoxy) is 2. The summed E-state index contributed by atoms with van der Waals surface area (Å²) in [5.41, 5.74) is 2.11. The van der Waals surface area contributed by atoms with Crippen LogP contribution in [0.5, 0.6) is 11.5 Å². The average molecular weight is 471 g/mol. The molecule has 3 N–H and O–H groups in total. The number of nitrogens with two attached hydrogens (primary N) is 1. The molecule has 0 atom stereocenters. The summed E-state index contributed by atoms with van der Waals surface area (Å²) in [7, 11) is -3.65. The molecule has 154 valence electrons. The third-order valence-electron chi connectivity index (χ3n) is 3.93. The molecule has 0 aliphatic carbocycles. The van der Waals surface area contributed by atoms with Crippen LogP contribution in [-0.2, 0) is 23.0 Å². The van der Waals surface area contributed by atoms with Crippen LogP contribution in [0.4, 0.5) is 0 Å². The Bertz CT molecular complexity index is 884. The molecule has 2 rings (SSSR count). The Morgan fingerprint density at radius 3 is 2.39 bits per heavy atom. The van der Waals surface area contributed by atoms with Crippen molar-refractivity contribution in [3.8, 4) is 11.5 Å². The first kappa shape index (κ1) is 22.7. The van der Waals surface area contributed by atoms with Crippen molar-refractivity contribution < 1.29 is 17.9 Å². The second kappa shape index (κ2) is 10.2. The molecular formula is C20H27BrN2O4S. The Hall–Kier alpha value is -1.61. The van der Waals surface area contributed by atoms with Crippen LogP contribution in [0.15, 0.2) is 45.8 Å². The largest absolute Gasteiger partial charge is 0.490 e. The first-order chi connectivity index (χ1) is 13.2. The standard InChI is InChI=1S/C20H27BrN2O4S/c1-4-26-19-11-16(18(21)12-20(19)27-14(2)3)13-23-10-9-15-5-7-17(8-6-15)28(22,24)25/h5-8,11-12,14,23H,4,9-10,13H2,1-3H3,(H2,22,24,25). The van der Waals surface area contributed by atoms with Crippen molar-refractivity contribution in [3.05, 3.63) is 52.0 Å². The second-order valence-electron chi connectivity index (χ2n) is 6.61. The summed E-state index contributed by atoms with van der Waals surface area (Å²) in [6, 6.07) is 10.5. The lowest BCUT2D eigenvalue weighted by Crippen LogP contribution is -2.17. The van der Waals surface area contributed by atoms with E-state index in [2.05, 4.69) is 21.2 Å². The van der Waals surface area contributed by atoms with Gasteiger partial charge in [-0.15, -0.1) is 0 Å². The van der Waals surface area contributed by atoms with Gasteiger partial charge in [0, 0.05) is 11.0 Å². The summed E-state index contributed by atoms with van der Waals surface area (Å²) in [5.74, 6) is 1.46. The highest BCUT2D eigenvalue weighted by atomic mass is 79.9. The zero-order valence-corrected chi connectivity index (χ0v) is 18.8. The number of hydrogen-bond donors (Lipinski definition) is 2. The molecule has 0 fully saturated rings. The van der Waals surface area contributed by atoms with Crippen molar-refractivity contribution in [2.45, 2.75) is 44.7 Å². The van der Waals surface area contributed by atoms with Crippen LogP contribution < -0.4 is 19.9 Å². The van der Waals surface area contributed by atoms with E-state index in [4.69, 9.17) is 14.6 Å². The number of benzene rings is 2. The Morgan fingerprint density at radius 1 is 1.14 bits per heavy atom. The minimum absolute atomic E-state index is 0.0655. The molecule has 2 aromatic carbocycles. The normalized spacial score (nSPS) is 11.6. The molecule has 0 spiro atoms. The third kappa shape index (κ3) is 6.77. The van der Waals surface area contributed by atoms with Crippen LogP contribution in [0, 0.1) is 0 Å². The fraction of sp³-hybridized carbons (Fsp3) is 0.400. The molecule has 0 bridgehead atoms. The number of halogens is 1. The van der Waals surface area contributed by atoms with Crippen LogP contribution in [-0.4, -0.2) is 27.7 Å². The van der Waals surface area contributed by atoms with Crippen LogP contribution >= 0.6 is 15.9 Å². The minimum atomic E-state index is -3.65. The third-order valence-corrected chi connectivity index (χ3v) is 5.60. The second-order valence-corrected chi connectivity index (χ2v) is 9.02. The van der Waals surface area contributed by atoms with Gasteiger partial charge in [-0.05, 0) is 69.1 Å². The maximum Gasteiger partial charge on any atom is 0.238 e. The smallest absolute Gasteiger partial charge is 0.238 e. The summed E-state index contributed by atoms with van der Waals surface area (Å²) in [6.45, 7) is 7.88. The molecule has 2 aromatic rings. The zero-order valence-electron chi connectivity index (χ0n) is 16.4. The van der Waals surface area contributed by atoms with E-state index in [9.17, 15) is 8.42 Å². The van der Waals surface area contributed by atoms with Gasteiger partial charge in [-0.1, -0.05) is 28.1 Å². The number of nitrogens with one attached hydrogen (secondary N) is 1. The molecule has 0 unspecified atom stereocenters. The maximum absolute atomic E-state index is 11.3. The van der Waals surface area contributed by atoms with Gasteiger partial charge in [-0.2, -0.15) is 0 Å². The average Bonchev–Trinajstić information content (AvgIpc) is 2.61. The number of hydrogen-bond acceptors (Lipinski definition) is 5. The fourth-order valence-electron chi connectivity index (χ4n) is 2.63. The van der Waals surface area contributed by atoms with Crippen molar-refractivity contribution in [2.75, 3.05) is 13.2 Å². The summed E-state index contributed by atoms with van der Waals surface area (Å²) < 4.78 is 35.1. The van der Waals surface area contributed by atoms with Crippen LogP contribution in [0.3, 0.4) is 0 Å². The lowest BCUT2D eigenvalue weighted by atomic mass is 10.1. The van der Waals surface area contributed by atoms with Crippen LogP contribution in [0.1, 0.15) is 31.9 Å².